The second-order valence-electron chi connectivity index (χ2n) is 4.13. The lowest BCUT2D eigenvalue weighted by atomic mass is 10.0. The summed E-state index contributed by atoms with van der Waals surface area (Å²) in [6.45, 7) is 0.456. The molecule has 0 saturated carbocycles. The topological polar surface area (TPSA) is 58.5 Å². The van der Waals surface area contributed by atoms with Gasteiger partial charge in [-0.25, -0.2) is 0 Å². The van der Waals surface area contributed by atoms with Crippen LogP contribution in [0.15, 0.2) is 38.0 Å². The maximum Gasteiger partial charge on any atom is 0.149 e. The third kappa shape index (κ3) is 1.59. The van der Waals surface area contributed by atoms with E-state index in [1.165, 1.54) is 0 Å². The Morgan fingerprint density at radius 2 is 1.89 bits per heavy atom. The molecule has 0 aliphatic carbocycles. The van der Waals surface area contributed by atoms with Crippen LogP contribution in [0.2, 0.25) is 0 Å². The zero-order valence-corrected chi connectivity index (χ0v) is 11.3. The molecule has 2 aromatic heterocycles. The van der Waals surface area contributed by atoms with E-state index >= 15 is 0 Å². The van der Waals surface area contributed by atoms with E-state index in [4.69, 9.17) is 8.83 Å². The lowest BCUT2D eigenvalue weighted by Gasteiger charge is -2.12. The Morgan fingerprint density at radius 3 is 2.61 bits per heavy atom. The van der Waals surface area contributed by atoms with Crippen molar-refractivity contribution in [3.05, 3.63) is 34.7 Å². The van der Waals surface area contributed by atoms with Crippen molar-refractivity contribution in [2.24, 2.45) is 0 Å². The molecule has 0 spiro atoms. The van der Waals surface area contributed by atoms with Crippen LogP contribution in [0.25, 0.3) is 21.9 Å². The molecule has 3 aromatic rings. The predicted molar refractivity (Wildman–Crippen MR) is 72.6 cm³/mol. The number of likely N-dealkylation sites (N-methyl/N-ethyl adjacent to an activating group) is 1. The lowest BCUT2D eigenvalue weighted by molar-refractivity contribution is 0.179. The predicted octanol–water partition coefficient (Wildman–Crippen LogP) is 3.19. The minimum Gasteiger partial charge on any atom is -0.464 e. The maximum absolute atomic E-state index is 10.3. The molecule has 18 heavy (non-hydrogen) atoms. The molecule has 0 radical (unpaired) electrons. The molecule has 2 heterocycles. The van der Waals surface area contributed by atoms with Gasteiger partial charge in [-0.3, -0.25) is 0 Å². The summed E-state index contributed by atoms with van der Waals surface area (Å²) in [5.74, 6) is 0. The van der Waals surface area contributed by atoms with E-state index in [0.29, 0.717) is 12.1 Å². The Balaban J connectivity index is 2.40. The Bertz CT molecular complexity index is 649. The molecule has 1 aromatic carbocycles. The molecule has 94 valence electrons. The molecular formula is C13H12BrNO3. The molecule has 1 atom stereocenters. The number of aliphatic hydroxyl groups is 1. The number of nitrogens with one attached hydrogen (secondary N) is 1. The SMILES string of the molecule is CNCC(O)c1c2ccoc2c(Br)c2ccoc12. The van der Waals surface area contributed by atoms with Crippen LogP contribution in [-0.4, -0.2) is 18.7 Å². The number of hydrogen-bond donors (Lipinski definition) is 2. The third-order valence-corrected chi connectivity index (χ3v) is 3.82. The molecule has 0 aliphatic heterocycles. The van der Waals surface area contributed by atoms with Crippen LogP contribution in [0.3, 0.4) is 0 Å². The van der Waals surface area contributed by atoms with Crippen molar-refractivity contribution in [1.29, 1.82) is 0 Å². The highest BCUT2D eigenvalue weighted by molar-refractivity contribution is 9.10. The van der Waals surface area contributed by atoms with Gasteiger partial charge in [0.25, 0.3) is 0 Å². The van der Waals surface area contributed by atoms with Gasteiger partial charge in [0.15, 0.2) is 0 Å². The number of furan rings is 2. The number of fused-ring (bicyclic) bond motifs is 2. The highest BCUT2D eigenvalue weighted by Gasteiger charge is 2.21. The smallest absolute Gasteiger partial charge is 0.149 e. The van der Waals surface area contributed by atoms with Crippen LogP contribution in [0.4, 0.5) is 0 Å². The van der Waals surface area contributed by atoms with Crippen LogP contribution < -0.4 is 5.32 Å². The summed E-state index contributed by atoms with van der Waals surface area (Å²) < 4.78 is 11.8. The Morgan fingerprint density at radius 1 is 1.22 bits per heavy atom. The second kappa shape index (κ2) is 4.42. The average molecular weight is 310 g/mol. The van der Waals surface area contributed by atoms with E-state index < -0.39 is 6.10 Å². The quantitative estimate of drug-likeness (QED) is 0.780. The summed E-state index contributed by atoms with van der Waals surface area (Å²) in [5, 5.41) is 15.0. The minimum atomic E-state index is -0.642. The molecule has 3 rings (SSSR count). The first-order valence-corrected chi connectivity index (χ1v) is 6.41. The van der Waals surface area contributed by atoms with E-state index in [2.05, 4.69) is 21.2 Å². The molecule has 0 saturated heterocycles. The summed E-state index contributed by atoms with van der Waals surface area (Å²) in [6.07, 6.45) is 2.59. The Labute approximate surface area is 112 Å². The second-order valence-corrected chi connectivity index (χ2v) is 4.92. The zero-order valence-electron chi connectivity index (χ0n) is 9.74. The van der Waals surface area contributed by atoms with E-state index in [1.807, 2.05) is 12.1 Å². The monoisotopic (exact) mass is 309 g/mol. The fourth-order valence-corrected chi connectivity index (χ4v) is 2.87. The van der Waals surface area contributed by atoms with Crippen molar-refractivity contribution >= 4 is 37.9 Å². The number of hydrogen-bond acceptors (Lipinski definition) is 4. The fraction of sp³-hybridized carbons (Fsp3) is 0.231. The van der Waals surface area contributed by atoms with Crippen LogP contribution in [-0.2, 0) is 0 Å². The first-order valence-electron chi connectivity index (χ1n) is 5.62. The van der Waals surface area contributed by atoms with Gasteiger partial charge in [-0.1, -0.05) is 0 Å². The fourth-order valence-electron chi connectivity index (χ4n) is 2.25. The van der Waals surface area contributed by atoms with Crippen LogP contribution in [0, 0.1) is 0 Å². The number of aliphatic hydroxyl groups excluding tert-OH is 1. The molecule has 4 nitrogen and oxygen atoms in total. The highest BCUT2D eigenvalue weighted by Crippen LogP contribution is 2.39. The van der Waals surface area contributed by atoms with Crippen molar-refractivity contribution in [3.63, 3.8) is 0 Å². The molecule has 0 bridgehead atoms. The van der Waals surface area contributed by atoms with Crippen molar-refractivity contribution in [2.75, 3.05) is 13.6 Å². The molecular weight excluding hydrogens is 298 g/mol. The minimum absolute atomic E-state index is 0.456. The van der Waals surface area contributed by atoms with Crippen molar-refractivity contribution in [2.45, 2.75) is 6.10 Å². The molecule has 5 heteroatoms. The van der Waals surface area contributed by atoms with Gasteiger partial charge in [0.2, 0.25) is 0 Å². The van der Waals surface area contributed by atoms with E-state index in [9.17, 15) is 5.11 Å². The van der Waals surface area contributed by atoms with Gasteiger partial charge in [0, 0.05) is 22.9 Å². The van der Waals surface area contributed by atoms with Crippen LogP contribution in [0.5, 0.6) is 0 Å². The highest BCUT2D eigenvalue weighted by atomic mass is 79.9. The third-order valence-electron chi connectivity index (χ3n) is 3.03. The van der Waals surface area contributed by atoms with Crippen molar-refractivity contribution < 1.29 is 13.9 Å². The largest absolute Gasteiger partial charge is 0.464 e. The van der Waals surface area contributed by atoms with Gasteiger partial charge in [-0.2, -0.15) is 0 Å². The summed E-state index contributed by atoms with van der Waals surface area (Å²) in [4.78, 5) is 0. The average Bonchev–Trinajstić information content (AvgIpc) is 2.97. The number of benzene rings is 1. The molecule has 2 N–H and O–H groups in total. The van der Waals surface area contributed by atoms with E-state index in [-0.39, 0.29) is 0 Å². The summed E-state index contributed by atoms with van der Waals surface area (Å²) in [6, 6.07) is 3.70. The normalized spacial score (nSPS) is 13.5. The zero-order chi connectivity index (χ0) is 12.7. The lowest BCUT2D eigenvalue weighted by Crippen LogP contribution is -2.17. The molecule has 0 aliphatic rings. The Hall–Kier alpha value is -1.30. The van der Waals surface area contributed by atoms with E-state index in [0.717, 1.165) is 26.4 Å². The summed E-state index contributed by atoms with van der Waals surface area (Å²) in [7, 11) is 1.80. The van der Waals surface area contributed by atoms with E-state index in [1.54, 1.807) is 19.6 Å². The molecule has 0 amide bonds. The molecule has 1 unspecified atom stereocenters. The number of halogens is 1. The summed E-state index contributed by atoms with van der Waals surface area (Å²) >= 11 is 3.51. The van der Waals surface area contributed by atoms with Gasteiger partial charge in [0.05, 0.1) is 23.1 Å². The van der Waals surface area contributed by atoms with Gasteiger partial charge < -0.3 is 19.3 Å². The number of rotatable bonds is 3. The first-order chi connectivity index (χ1) is 8.74. The standard InChI is InChI=1S/C13H12BrNO3/c1-15-6-9(16)10-7-2-4-18-13(7)11(14)8-3-5-17-12(8)10/h2-5,9,15-16H,6H2,1H3. The molecule has 0 fully saturated rings. The van der Waals surface area contributed by atoms with Crippen LogP contribution in [0.1, 0.15) is 11.7 Å². The van der Waals surface area contributed by atoms with Gasteiger partial charge in [0.1, 0.15) is 11.2 Å². The van der Waals surface area contributed by atoms with Gasteiger partial charge in [-0.15, -0.1) is 0 Å². The summed E-state index contributed by atoms with van der Waals surface area (Å²) in [5.41, 5.74) is 2.18. The van der Waals surface area contributed by atoms with Gasteiger partial charge >= 0.3 is 0 Å². The van der Waals surface area contributed by atoms with Gasteiger partial charge in [-0.05, 0) is 35.1 Å². The maximum atomic E-state index is 10.3. The Kier molecular flexibility index (Phi) is 2.89. The first kappa shape index (κ1) is 11.8. The van der Waals surface area contributed by atoms with Crippen molar-refractivity contribution in [3.8, 4) is 0 Å². The van der Waals surface area contributed by atoms with Crippen LogP contribution >= 0.6 is 15.9 Å². The van der Waals surface area contributed by atoms with Crippen molar-refractivity contribution in [1.82, 2.24) is 5.32 Å².